The van der Waals surface area contributed by atoms with E-state index in [-0.39, 0.29) is 23.8 Å². The summed E-state index contributed by atoms with van der Waals surface area (Å²) in [5.74, 6) is 0.872. The highest BCUT2D eigenvalue weighted by Crippen LogP contribution is 2.24. The van der Waals surface area contributed by atoms with E-state index in [1.54, 1.807) is 7.11 Å². The molecule has 2 aromatic carbocycles. The highest BCUT2D eigenvalue weighted by Gasteiger charge is 2.24. The zero-order valence-corrected chi connectivity index (χ0v) is 18.7. The lowest BCUT2D eigenvalue weighted by Crippen LogP contribution is -2.46. The number of nitrogens with one attached hydrogen (secondary N) is 2. The van der Waals surface area contributed by atoms with Gasteiger partial charge >= 0.3 is 0 Å². The van der Waals surface area contributed by atoms with Crippen LogP contribution in [0.4, 0.5) is 5.69 Å². The van der Waals surface area contributed by atoms with E-state index < -0.39 is 0 Å². The van der Waals surface area contributed by atoms with Crippen LogP contribution in [0.1, 0.15) is 42.6 Å². The van der Waals surface area contributed by atoms with E-state index in [9.17, 15) is 9.59 Å². The monoisotopic (exact) mass is 423 g/mol. The molecule has 0 aliphatic carbocycles. The van der Waals surface area contributed by atoms with Gasteiger partial charge in [-0.15, -0.1) is 0 Å². The first-order valence-corrected chi connectivity index (χ1v) is 11.0. The molecule has 0 radical (unpaired) electrons. The van der Waals surface area contributed by atoms with Crippen molar-refractivity contribution >= 4 is 17.5 Å². The molecule has 6 nitrogen and oxygen atoms in total. The third-order valence-corrected chi connectivity index (χ3v) is 5.73. The molecule has 1 aliphatic heterocycles. The molecule has 0 bridgehead atoms. The summed E-state index contributed by atoms with van der Waals surface area (Å²) >= 11 is 0. The van der Waals surface area contributed by atoms with Crippen LogP contribution in [-0.2, 0) is 11.2 Å². The van der Waals surface area contributed by atoms with Gasteiger partial charge in [-0.1, -0.05) is 44.2 Å². The molecule has 0 saturated carbocycles. The maximum absolute atomic E-state index is 12.9. The Hall–Kier alpha value is -3.02. The van der Waals surface area contributed by atoms with E-state index in [2.05, 4.69) is 15.5 Å². The molecule has 6 heteroatoms. The Bertz CT molecular complexity index is 889. The number of rotatable bonds is 8. The van der Waals surface area contributed by atoms with Crippen molar-refractivity contribution in [3.05, 3.63) is 59.7 Å². The molecule has 1 aliphatic rings. The van der Waals surface area contributed by atoms with Crippen molar-refractivity contribution in [2.45, 2.75) is 39.2 Å². The fraction of sp³-hybridized carbons (Fsp3) is 0.440. The van der Waals surface area contributed by atoms with Crippen molar-refractivity contribution in [1.82, 2.24) is 10.6 Å². The van der Waals surface area contributed by atoms with Gasteiger partial charge in [-0.2, -0.15) is 0 Å². The molecule has 2 amide bonds. The summed E-state index contributed by atoms with van der Waals surface area (Å²) < 4.78 is 5.39. The number of carbonyl (C=O) groups is 2. The van der Waals surface area contributed by atoms with Gasteiger partial charge in [0.2, 0.25) is 5.91 Å². The number of piperidine rings is 1. The van der Waals surface area contributed by atoms with Gasteiger partial charge in [0, 0.05) is 37.3 Å². The molecule has 0 spiro atoms. The smallest absolute Gasteiger partial charge is 0.253 e. The fourth-order valence-electron chi connectivity index (χ4n) is 3.89. The molecular weight excluding hydrogens is 390 g/mol. The Morgan fingerprint density at radius 3 is 2.45 bits per heavy atom. The molecule has 3 rings (SSSR count). The zero-order chi connectivity index (χ0) is 22.2. The predicted octanol–water partition coefficient (Wildman–Crippen LogP) is 3.41. The number of para-hydroxylation sites is 2. The molecule has 2 N–H and O–H groups in total. The first kappa shape index (κ1) is 22.7. The van der Waals surface area contributed by atoms with Gasteiger partial charge in [-0.05, 0) is 43.0 Å². The summed E-state index contributed by atoms with van der Waals surface area (Å²) in [6.07, 6.45) is 2.46. The molecule has 0 atom stereocenters. The molecule has 31 heavy (non-hydrogen) atoms. The second-order valence-corrected chi connectivity index (χ2v) is 8.26. The average Bonchev–Trinajstić information content (AvgIpc) is 2.79. The highest BCUT2D eigenvalue weighted by molar-refractivity contribution is 5.99. The van der Waals surface area contributed by atoms with E-state index in [4.69, 9.17) is 4.74 Å². The summed E-state index contributed by atoms with van der Waals surface area (Å²) in [5.41, 5.74) is 2.71. The minimum Gasteiger partial charge on any atom is -0.496 e. The van der Waals surface area contributed by atoms with Crippen molar-refractivity contribution in [2.75, 3.05) is 31.6 Å². The van der Waals surface area contributed by atoms with Crippen LogP contribution in [0.2, 0.25) is 0 Å². The fourth-order valence-corrected chi connectivity index (χ4v) is 3.89. The lowest BCUT2D eigenvalue weighted by Gasteiger charge is -2.35. The lowest BCUT2D eigenvalue weighted by molar-refractivity contribution is -0.124. The normalized spacial score (nSPS) is 14.4. The first-order valence-electron chi connectivity index (χ1n) is 11.0. The van der Waals surface area contributed by atoms with Crippen molar-refractivity contribution < 1.29 is 14.3 Å². The van der Waals surface area contributed by atoms with Crippen molar-refractivity contribution in [1.29, 1.82) is 0 Å². The van der Waals surface area contributed by atoms with Crippen LogP contribution in [-0.4, -0.2) is 44.6 Å². The summed E-state index contributed by atoms with van der Waals surface area (Å²) in [4.78, 5) is 27.1. The molecule has 0 unspecified atom stereocenters. The minimum atomic E-state index is -0.0688. The molecule has 1 fully saturated rings. The van der Waals surface area contributed by atoms with Gasteiger partial charge < -0.3 is 20.3 Å². The van der Waals surface area contributed by atoms with Crippen LogP contribution in [0.5, 0.6) is 5.75 Å². The van der Waals surface area contributed by atoms with Gasteiger partial charge in [-0.25, -0.2) is 0 Å². The van der Waals surface area contributed by atoms with E-state index in [0.717, 1.165) is 42.9 Å². The van der Waals surface area contributed by atoms with Crippen LogP contribution in [0.15, 0.2) is 48.5 Å². The SMILES string of the molecule is COc1ccccc1CCNC(=O)c1ccccc1N1CCC(NC(=O)C(C)C)CC1. The average molecular weight is 424 g/mol. The van der Waals surface area contributed by atoms with E-state index in [0.29, 0.717) is 18.5 Å². The number of carbonyl (C=O) groups excluding carboxylic acids is 2. The first-order chi connectivity index (χ1) is 15.0. The molecule has 1 saturated heterocycles. The predicted molar refractivity (Wildman–Crippen MR) is 124 cm³/mol. The van der Waals surface area contributed by atoms with Crippen LogP contribution < -0.4 is 20.3 Å². The number of methoxy groups -OCH3 is 1. The summed E-state index contributed by atoms with van der Waals surface area (Å²) in [6.45, 7) is 5.99. The van der Waals surface area contributed by atoms with Crippen molar-refractivity contribution in [3.63, 3.8) is 0 Å². The van der Waals surface area contributed by atoms with Gasteiger partial charge in [0.05, 0.1) is 12.7 Å². The highest BCUT2D eigenvalue weighted by atomic mass is 16.5. The standard InChI is InChI=1S/C25H33N3O3/c1-18(2)24(29)27-20-13-16-28(17-14-20)22-10-6-5-9-21(22)25(30)26-15-12-19-8-4-7-11-23(19)31-3/h4-11,18,20H,12-17H2,1-3H3,(H,26,30)(H,27,29). The molecule has 1 heterocycles. The number of benzene rings is 2. The van der Waals surface area contributed by atoms with Gasteiger partial charge in [-0.3, -0.25) is 9.59 Å². The second-order valence-electron chi connectivity index (χ2n) is 8.26. The maximum atomic E-state index is 12.9. The quantitative estimate of drug-likeness (QED) is 0.683. The van der Waals surface area contributed by atoms with Gasteiger partial charge in [0.1, 0.15) is 5.75 Å². The maximum Gasteiger partial charge on any atom is 0.253 e. The number of hydrogen-bond donors (Lipinski definition) is 2. The van der Waals surface area contributed by atoms with Crippen molar-refractivity contribution in [3.8, 4) is 5.75 Å². The third kappa shape index (κ3) is 6.00. The number of amides is 2. The molecule has 166 valence electrons. The second kappa shape index (κ2) is 10.8. The minimum absolute atomic E-state index is 0.00157. The number of anilines is 1. The summed E-state index contributed by atoms with van der Waals surface area (Å²) in [5, 5.41) is 6.17. The largest absolute Gasteiger partial charge is 0.496 e. The Balaban J connectivity index is 1.57. The molecule has 2 aromatic rings. The zero-order valence-electron chi connectivity index (χ0n) is 18.7. The summed E-state index contributed by atoms with van der Waals surface area (Å²) in [7, 11) is 1.66. The summed E-state index contributed by atoms with van der Waals surface area (Å²) in [6, 6.07) is 15.8. The van der Waals surface area contributed by atoms with E-state index >= 15 is 0 Å². The third-order valence-electron chi connectivity index (χ3n) is 5.73. The Morgan fingerprint density at radius 2 is 1.74 bits per heavy atom. The van der Waals surface area contributed by atoms with Crippen LogP contribution >= 0.6 is 0 Å². The van der Waals surface area contributed by atoms with E-state index in [1.165, 1.54) is 0 Å². The lowest BCUT2D eigenvalue weighted by atomic mass is 10.0. The molecule has 0 aromatic heterocycles. The topological polar surface area (TPSA) is 70.7 Å². The van der Waals surface area contributed by atoms with Crippen molar-refractivity contribution in [2.24, 2.45) is 5.92 Å². The van der Waals surface area contributed by atoms with Crippen LogP contribution in [0.3, 0.4) is 0 Å². The van der Waals surface area contributed by atoms with Crippen LogP contribution in [0.25, 0.3) is 0 Å². The van der Waals surface area contributed by atoms with Crippen LogP contribution in [0, 0.1) is 5.92 Å². The Morgan fingerprint density at radius 1 is 1.06 bits per heavy atom. The Labute approximate surface area is 185 Å². The van der Waals surface area contributed by atoms with Gasteiger partial charge in [0.25, 0.3) is 5.91 Å². The number of hydrogen-bond acceptors (Lipinski definition) is 4. The van der Waals surface area contributed by atoms with E-state index in [1.807, 2.05) is 62.4 Å². The number of ether oxygens (including phenoxy) is 1. The number of nitrogens with zero attached hydrogens (tertiary/aromatic N) is 1. The van der Waals surface area contributed by atoms with Gasteiger partial charge in [0.15, 0.2) is 0 Å². The Kier molecular flexibility index (Phi) is 7.93. The molecular formula is C25H33N3O3.